The van der Waals surface area contributed by atoms with E-state index in [0.29, 0.717) is 19.0 Å². The molecule has 1 aliphatic rings. The van der Waals surface area contributed by atoms with Crippen molar-refractivity contribution in [2.24, 2.45) is 5.92 Å². The van der Waals surface area contributed by atoms with E-state index in [-0.39, 0.29) is 0 Å². The Morgan fingerprint density at radius 1 is 1.29 bits per heavy atom. The minimum Gasteiger partial charge on any atom is -0.319 e. The van der Waals surface area contributed by atoms with E-state index in [1.165, 1.54) is 4.90 Å². The molecule has 0 aliphatic carbocycles. The quantitative estimate of drug-likeness (QED) is 0.759. The minimum atomic E-state index is -4.05. The molecule has 14 heavy (non-hydrogen) atoms. The summed E-state index contributed by atoms with van der Waals surface area (Å²) in [6, 6.07) is 0. The first-order chi connectivity index (χ1) is 6.51. The molecule has 1 heterocycles. The Balaban J connectivity index is 2.22. The molecule has 0 unspecified atom stereocenters. The molecule has 0 aromatic rings. The normalized spacial score (nSPS) is 21.4. The molecule has 2 nitrogen and oxygen atoms in total. The summed E-state index contributed by atoms with van der Waals surface area (Å²) in [6.07, 6.45) is -2.30. The number of alkyl halides is 3. The molecule has 1 fully saturated rings. The van der Waals surface area contributed by atoms with Crippen molar-refractivity contribution in [1.82, 2.24) is 10.2 Å². The van der Waals surface area contributed by atoms with Gasteiger partial charge in [0, 0.05) is 0 Å². The van der Waals surface area contributed by atoms with Gasteiger partial charge < -0.3 is 5.32 Å². The van der Waals surface area contributed by atoms with Crippen molar-refractivity contribution in [3.05, 3.63) is 0 Å². The molecule has 0 amide bonds. The smallest absolute Gasteiger partial charge is 0.319 e. The number of hydrogen-bond donors (Lipinski definition) is 1. The highest BCUT2D eigenvalue weighted by atomic mass is 19.4. The van der Waals surface area contributed by atoms with Gasteiger partial charge in [-0.25, -0.2) is 0 Å². The maximum atomic E-state index is 12.0. The lowest BCUT2D eigenvalue weighted by Crippen LogP contribution is -2.41. The fourth-order valence-corrected chi connectivity index (χ4v) is 1.89. The van der Waals surface area contributed by atoms with E-state index in [2.05, 4.69) is 5.32 Å². The average Bonchev–Trinajstić information content (AvgIpc) is 2.06. The van der Waals surface area contributed by atoms with Crippen LogP contribution in [0, 0.1) is 5.92 Å². The number of piperidine rings is 1. The Hall–Kier alpha value is -0.290. The zero-order valence-corrected chi connectivity index (χ0v) is 8.40. The van der Waals surface area contributed by atoms with E-state index in [9.17, 15) is 13.2 Å². The van der Waals surface area contributed by atoms with Gasteiger partial charge in [0.05, 0.1) is 6.54 Å². The van der Waals surface area contributed by atoms with E-state index >= 15 is 0 Å². The van der Waals surface area contributed by atoms with Crippen molar-refractivity contribution in [1.29, 1.82) is 0 Å². The van der Waals surface area contributed by atoms with Crippen molar-refractivity contribution >= 4 is 0 Å². The van der Waals surface area contributed by atoms with Crippen LogP contribution in [0.4, 0.5) is 13.2 Å². The van der Waals surface area contributed by atoms with Gasteiger partial charge in [-0.05, 0) is 45.4 Å². The first-order valence-corrected chi connectivity index (χ1v) is 4.95. The lowest BCUT2D eigenvalue weighted by Gasteiger charge is -2.32. The van der Waals surface area contributed by atoms with Crippen LogP contribution >= 0.6 is 0 Å². The Morgan fingerprint density at radius 2 is 1.86 bits per heavy atom. The van der Waals surface area contributed by atoms with E-state index < -0.39 is 12.7 Å². The third-order valence-electron chi connectivity index (χ3n) is 2.60. The van der Waals surface area contributed by atoms with Crippen molar-refractivity contribution in [3.63, 3.8) is 0 Å². The standard InChI is InChI=1S/C9H17F3N2/c1-13-6-8-2-4-14(5-3-8)7-9(10,11)12/h8,13H,2-7H2,1H3. The molecule has 1 aliphatic heterocycles. The summed E-state index contributed by atoms with van der Waals surface area (Å²) in [5.74, 6) is 0.546. The van der Waals surface area contributed by atoms with E-state index in [1.807, 2.05) is 7.05 Å². The third-order valence-corrected chi connectivity index (χ3v) is 2.60. The van der Waals surface area contributed by atoms with Gasteiger partial charge in [0.25, 0.3) is 0 Å². The second kappa shape index (κ2) is 4.98. The summed E-state index contributed by atoms with van der Waals surface area (Å²) >= 11 is 0. The van der Waals surface area contributed by atoms with Crippen LogP contribution in [-0.4, -0.2) is 44.3 Å². The van der Waals surface area contributed by atoms with Crippen LogP contribution in [0.25, 0.3) is 0 Å². The molecule has 0 saturated carbocycles. The van der Waals surface area contributed by atoms with E-state index in [4.69, 9.17) is 0 Å². The lowest BCUT2D eigenvalue weighted by atomic mass is 9.97. The summed E-state index contributed by atoms with van der Waals surface area (Å²) in [7, 11) is 1.88. The maximum Gasteiger partial charge on any atom is 0.401 e. The molecule has 0 aromatic heterocycles. The SMILES string of the molecule is CNCC1CCN(CC(F)(F)F)CC1. The molecule has 0 radical (unpaired) electrons. The molecule has 1 saturated heterocycles. The first kappa shape index (κ1) is 11.8. The molecule has 1 rings (SSSR count). The van der Waals surface area contributed by atoms with Gasteiger partial charge in [0.15, 0.2) is 0 Å². The monoisotopic (exact) mass is 210 g/mol. The number of nitrogens with zero attached hydrogens (tertiary/aromatic N) is 1. The lowest BCUT2D eigenvalue weighted by molar-refractivity contribution is -0.148. The fourth-order valence-electron chi connectivity index (χ4n) is 1.89. The largest absolute Gasteiger partial charge is 0.401 e. The molecular weight excluding hydrogens is 193 g/mol. The number of rotatable bonds is 3. The first-order valence-electron chi connectivity index (χ1n) is 4.95. The molecule has 1 N–H and O–H groups in total. The highest BCUT2D eigenvalue weighted by Crippen LogP contribution is 2.21. The Labute approximate surface area is 82.5 Å². The highest BCUT2D eigenvalue weighted by molar-refractivity contribution is 4.74. The third kappa shape index (κ3) is 4.28. The van der Waals surface area contributed by atoms with Gasteiger partial charge >= 0.3 is 6.18 Å². The van der Waals surface area contributed by atoms with E-state index in [1.54, 1.807) is 0 Å². The predicted molar refractivity (Wildman–Crippen MR) is 49.1 cm³/mol. The summed E-state index contributed by atoms with van der Waals surface area (Å²) in [4.78, 5) is 1.49. The van der Waals surface area contributed by atoms with Crippen molar-refractivity contribution < 1.29 is 13.2 Å². The van der Waals surface area contributed by atoms with Gasteiger partial charge in [-0.2, -0.15) is 13.2 Å². The second-order valence-corrected chi connectivity index (χ2v) is 3.89. The van der Waals surface area contributed by atoms with Crippen LogP contribution in [0.3, 0.4) is 0 Å². The Bertz CT molecular complexity index is 162. The minimum absolute atomic E-state index is 0.546. The van der Waals surface area contributed by atoms with Crippen LogP contribution < -0.4 is 5.32 Å². The Morgan fingerprint density at radius 3 is 2.29 bits per heavy atom. The van der Waals surface area contributed by atoms with Gasteiger partial charge in [-0.3, -0.25) is 4.90 Å². The predicted octanol–water partition coefficient (Wildman–Crippen LogP) is 1.48. The number of hydrogen-bond acceptors (Lipinski definition) is 2. The molecule has 0 aromatic carbocycles. The molecule has 0 spiro atoms. The summed E-state index contributed by atoms with van der Waals surface area (Å²) in [5, 5.41) is 3.06. The molecule has 84 valence electrons. The number of nitrogens with one attached hydrogen (secondary N) is 1. The molecule has 5 heteroatoms. The zero-order chi connectivity index (χ0) is 10.6. The number of likely N-dealkylation sites (tertiary alicyclic amines) is 1. The summed E-state index contributed by atoms with van der Waals surface area (Å²) in [5.41, 5.74) is 0. The van der Waals surface area contributed by atoms with Crippen LogP contribution in [0.1, 0.15) is 12.8 Å². The van der Waals surface area contributed by atoms with Crippen molar-refractivity contribution in [2.75, 3.05) is 33.2 Å². The fraction of sp³-hybridized carbons (Fsp3) is 1.00. The molecular formula is C9H17F3N2. The summed E-state index contributed by atoms with van der Waals surface area (Å²) in [6.45, 7) is 1.32. The van der Waals surface area contributed by atoms with Crippen LogP contribution in [0.5, 0.6) is 0 Å². The topological polar surface area (TPSA) is 15.3 Å². The highest BCUT2D eigenvalue weighted by Gasteiger charge is 2.32. The molecule has 0 atom stereocenters. The van der Waals surface area contributed by atoms with Crippen LogP contribution in [0.15, 0.2) is 0 Å². The summed E-state index contributed by atoms with van der Waals surface area (Å²) < 4.78 is 36.1. The average molecular weight is 210 g/mol. The van der Waals surface area contributed by atoms with Gasteiger partial charge in [0.2, 0.25) is 0 Å². The van der Waals surface area contributed by atoms with Crippen molar-refractivity contribution in [3.8, 4) is 0 Å². The van der Waals surface area contributed by atoms with Crippen LogP contribution in [0.2, 0.25) is 0 Å². The van der Waals surface area contributed by atoms with E-state index in [0.717, 1.165) is 19.4 Å². The maximum absolute atomic E-state index is 12.0. The van der Waals surface area contributed by atoms with Crippen molar-refractivity contribution in [2.45, 2.75) is 19.0 Å². The Kier molecular flexibility index (Phi) is 4.19. The number of halogens is 3. The van der Waals surface area contributed by atoms with Gasteiger partial charge in [-0.15, -0.1) is 0 Å². The second-order valence-electron chi connectivity index (χ2n) is 3.89. The van der Waals surface area contributed by atoms with Gasteiger partial charge in [-0.1, -0.05) is 0 Å². The van der Waals surface area contributed by atoms with Crippen LogP contribution in [-0.2, 0) is 0 Å². The molecule has 0 bridgehead atoms. The zero-order valence-electron chi connectivity index (χ0n) is 8.40. The van der Waals surface area contributed by atoms with Gasteiger partial charge in [0.1, 0.15) is 0 Å².